The Hall–Kier alpha value is -2.44. The Morgan fingerprint density at radius 2 is 1.22 bits per heavy atom. The SMILES string of the molecule is C=C(CO)C(=O)OCC(COC(=O)C(=C)COC)c1ccc(C2CCC(C3CCC(C4CCCC4)CC3)CC2)cc1. The minimum atomic E-state index is -0.659. The summed E-state index contributed by atoms with van der Waals surface area (Å²) in [5.41, 5.74) is 2.49. The maximum atomic E-state index is 12.3. The van der Waals surface area contributed by atoms with Gasteiger partial charge in [0.15, 0.2) is 0 Å². The lowest BCUT2D eigenvalue weighted by molar-refractivity contribution is -0.143. The Morgan fingerprint density at radius 1 is 0.756 bits per heavy atom. The molecule has 1 aromatic rings. The largest absolute Gasteiger partial charge is 0.461 e. The van der Waals surface area contributed by atoms with Gasteiger partial charge in [-0.25, -0.2) is 9.59 Å². The molecule has 6 nitrogen and oxygen atoms in total. The summed E-state index contributed by atoms with van der Waals surface area (Å²) in [7, 11) is 1.49. The molecule has 3 aliphatic carbocycles. The molecular weight excluding hydrogens is 516 g/mol. The second-order valence-electron chi connectivity index (χ2n) is 12.7. The molecule has 6 heteroatoms. The Balaban J connectivity index is 1.29. The van der Waals surface area contributed by atoms with Crippen molar-refractivity contribution in [2.24, 2.45) is 23.7 Å². The lowest BCUT2D eigenvalue weighted by Gasteiger charge is -2.39. The molecule has 0 bridgehead atoms. The average molecular weight is 567 g/mol. The Bertz CT molecular complexity index is 1010. The molecule has 3 fully saturated rings. The Labute approximate surface area is 246 Å². The van der Waals surface area contributed by atoms with E-state index in [0.29, 0.717) is 5.92 Å². The highest BCUT2D eigenvalue weighted by molar-refractivity contribution is 5.88. The minimum Gasteiger partial charge on any atom is -0.461 e. The third-order valence-electron chi connectivity index (χ3n) is 10.1. The van der Waals surface area contributed by atoms with E-state index < -0.39 is 18.5 Å². The van der Waals surface area contributed by atoms with Crippen molar-refractivity contribution in [2.75, 3.05) is 33.5 Å². The predicted octanol–water partition coefficient (Wildman–Crippen LogP) is 6.88. The first kappa shape index (κ1) is 31.5. The molecule has 0 spiro atoms. The smallest absolute Gasteiger partial charge is 0.335 e. The van der Waals surface area contributed by atoms with Gasteiger partial charge in [0.1, 0.15) is 13.2 Å². The number of aliphatic hydroxyl groups excluding tert-OH is 1. The quantitative estimate of drug-likeness (QED) is 0.207. The molecule has 3 saturated carbocycles. The van der Waals surface area contributed by atoms with E-state index in [1.807, 2.05) is 0 Å². The highest BCUT2D eigenvalue weighted by Crippen LogP contribution is 2.47. The fraction of sp³-hybridized carbons (Fsp3) is 0.657. The molecule has 3 aliphatic rings. The highest BCUT2D eigenvalue weighted by Gasteiger charge is 2.34. The summed E-state index contributed by atoms with van der Waals surface area (Å²) >= 11 is 0. The van der Waals surface area contributed by atoms with Crippen LogP contribution >= 0.6 is 0 Å². The number of rotatable bonds is 13. The standard InChI is InChI=1S/C35H50O6/c1-24(20-36)34(37)40-22-33(23-41-35(38)25(2)21-39-3)32-18-16-31(17-19-32)30-14-12-29(13-15-30)28-10-8-27(9-11-28)26-6-4-5-7-26/h16-19,26-30,33,36H,1-2,4-15,20-23H2,3H3. The first-order valence-electron chi connectivity index (χ1n) is 15.8. The van der Waals surface area contributed by atoms with Crippen molar-refractivity contribution in [1.82, 2.24) is 0 Å². The van der Waals surface area contributed by atoms with Crippen molar-refractivity contribution in [3.05, 3.63) is 59.7 Å². The van der Waals surface area contributed by atoms with Crippen LogP contribution in [0.3, 0.4) is 0 Å². The van der Waals surface area contributed by atoms with Crippen LogP contribution in [-0.2, 0) is 23.8 Å². The van der Waals surface area contributed by atoms with E-state index in [1.165, 1.54) is 89.7 Å². The number of hydrogen-bond acceptors (Lipinski definition) is 6. The van der Waals surface area contributed by atoms with Gasteiger partial charge in [-0.05, 0) is 92.1 Å². The molecule has 0 saturated heterocycles. The van der Waals surface area contributed by atoms with Gasteiger partial charge in [-0.2, -0.15) is 0 Å². The summed E-state index contributed by atoms with van der Waals surface area (Å²) in [5, 5.41) is 9.18. The van der Waals surface area contributed by atoms with Crippen LogP contribution in [-0.4, -0.2) is 50.6 Å². The van der Waals surface area contributed by atoms with Crippen molar-refractivity contribution < 1.29 is 28.9 Å². The van der Waals surface area contributed by atoms with Crippen LogP contribution in [0.2, 0.25) is 0 Å². The number of aliphatic hydroxyl groups is 1. The van der Waals surface area contributed by atoms with E-state index >= 15 is 0 Å². The lowest BCUT2D eigenvalue weighted by atomic mass is 9.66. The molecule has 4 rings (SSSR count). The number of esters is 2. The minimum absolute atomic E-state index is 0.00926. The summed E-state index contributed by atoms with van der Waals surface area (Å²) in [6.07, 6.45) is 16.9. The summed E-state index contributed by atoms with van der Waals surface area (Å²) < 4.78 is 15.8. The fourth-order valence-electron chi connectivity index (χ4n) is 7.58. The van der Waals surface area contributed by atoms with Crippen molar-refractivity contribution in [3.63, 3.8) is 0 Å². The van der Waals surface area contributed by atoms with Gasteiger partial charge in [0.2, 0.25) is 0 Å². The van der Waals surface area contributed by atoms with E-state index in [-0.39, 0.29) is 36.9 Å². The monoisotopic (exact) mass is 566 g/mol. The van der Waals surface area contributed by atoms with Crippen molar-refractivity contribution in [3.8, 4) is 0 Å². The van der Waals surface area contributed by atoms with E-state index in [1.54, 1.807) is 0 Å². The van der Waals surface area contributed by atoms with Crippen LogP contribution in [0.4, 0.5) is 0 Å². The Kier molecular flexibility index (Phi) is 12.1. The summed E-state index contributed by atoms with van der Waals surface area (Å²) in [6.45, 7) is 6.89. The topological polar surface area (TPSA) is 82.1 Å². The van der Waals surface area contributed by atoms with Gasteiger partial charge in [-0.1, -0.05) is 63.1 Å². The van der Waals surface area contributed by atoms with Gasteiger partial charge in [-0.15, -0.1) is 0 Å². The summed E-state index contributed by atoms with van der Waals surface area (Å²) in [6, 6.07) is 8.48. The van der Waals surface area contributed by atoms with E-state index in [2.05, 4.69) is 37.4 Å². The molecule has 0 radical (unpaired) electrons. The molecular formula is C35H50O6. The molecule has 1 atom stereocenters. The third kappa shape index (κ3) is 8.78. The second-order valence-corrected chi connectivity index (χ2v) is 12.7. The zero-order chi connectivity index (χ0) is 29.2. The molecule has 41 heavy (non-hydrogen) atoms. The average Bonchev–Trinajstić information content (AvgIpc) is 3.56. The van der Waals surface area contributed by atoms with Crippen molar-refractivity contribution >= 4 is 11.9 Å². The van der Waals surface area contributed by atoms with E-state index in [9.17, 15) is 14.7 Å². The molecule has 1 aromatic carbocycles. The van der Waals surface area contributed by atoms with Gasteiger partial charge in [0.05, 0.1) is 30.3 Å². The maximum Gasteiger partial charge on any atom is 0.335 e. The molecule has 1 unspecified atom stereocenters. The lowest BCUT2D eigenvalue weighted by Crippen LogP contribution is -2.27. The van der Waals surface area contributed by atoms with E-state index in [0.717, 1.165) is 29.2 Å². The number of benzene rings is 1. The van der Waals surface area contributed by atoms with Crippen LogP contribution in [0, 0.1) is 23.7 Å². The molecule has 0 amide bonds. The fourth-order valence-corrected chi connectivity index (χ4v) is 7.58. The van der Waals surface area contributed by atoms with Gasteiger partial charge >= 0.3 is 11.9 Å². The second kappa shape index (κ2) is 15.7. The number of hydrogen-bond donors (Lipinski definition) is 1. The highest BCUT2D eigenvalue weighted by atomic mass is 16.5. The van der Waals surface area contributed by atoms with Crippen LogP contribution in [0.5, 0.6) is 0 Å². The molecule has 0 aliphatic heterocycles. The number of ether oxygens (including phenoxy) is 3. The number of carbonyl (C=O) groups is 2. The van der Waals surface area contributed by atoms with Crippen molar-refractivity contribution in [1.29, 1.82) is 0 Å². The van der Waals surface area contributed by atoms with Gasteiger partial charge in [0.25, 0.3) is 0 Å². The zero-order valence-electron chi connectivity index (χ0n) is 25.0. The van der Waals surface area contributed by atoms with Crippen LogP contribution in [0.15, 0.2) is 48.6 Å². The first-order chi connectivity index (χ1) is 19.9. The Morgan fingerprint density at radius 3 is 1.71 bits per heavy atom. The third-order valence-corrected chi connectivity index (χ3v) is 10.1. The van der Waals surface area contributed by atoms with Crippen LogP contribution < -0.4 is 0 Å². The predicted molar refractivity (Wildman–Crippen MR) is 160 cm³/mol. The molecule has 0 heterocycles. The number of carbonyl (C=O) groups excluding carboxylic acids is 2. The molecule has 226 valence electrons. The van der Waals surface area contributed by atoms with Gasteiger partial charge in [-0.3, -0.25) is 0 Å². The zero-order valence-corrected chi connectivity index (χ0v) is 25.0. The normalized spacial score (nSPS) is 25.8. The summed E-state index contributed by atoms with van der Waals surface area (Å²) in [4.78, 5) is 24.4. The van der Waals surface area contributed by atoms with Crippen LogP contribution in [0.1, 0.15) is 100 Å². The van der Waals surface area contributed by atoms with Crippen LogP contribution in [0.25, 0.3) is 0 Å². The van der Waals surface area contributed by atoms with Crippen molar-refractivity contribution in [2.45, 2.75) is 88.9 Å². The number of methoxy groups -OCH3 is 1. The summed E-state index contributed by atoms with van der Waals surface area (Å²) in [5.74, 6) is 2.90. The maximum absolute atomic E-state index is 12.3. The van der Waals surface area contributed by atoms with Gasteiger partial charge in [0, 0.05) is 7.11 Å². The van der Waals surface area contributed by atoms with E-state index in [4.69, 9.17) is 14.2 Å². The molecule has 1 N–H and O–H groups in total. The van der Waals surface area contributed by atoms with Gasteiger partial charge < -0.3 is 19.3 Å². The first-order valence-corrected chi connectivity index (χ1v) is 15.8. The molecule has 0 aromatic heterocycles.